The van der Waals surface area contributed by atoms with Gasteiger partial charge < -0.3 is 5.32 Å². The maximum atomic E-state index is 11.5. The molecule has 1 aromatic carbocycles. The van der Waals surface area contributed by atoms with Crippen molar-refractivity contribution < 1.29 is 4.79 Å². The number of nitrogens with one attached hydrogen (secondary N) is 2. The molecule has 1 heterocycles. The number of benzene rings is 1. The molecule has 106 valence electrons. The number of rotatable bonds is 5. The van der Waals surface area contributed by atoms with Crippen molar-refractivity contribution in [2.75, 3.05) is 5.75 Å². The van der Waals surface area contributed by atoms with Gasteiger partial charge in [0, 0.05) is 16.1 Å². The molecule has 1 aromatic heterocycles. The first-order chi connectivity index (χ1) is 9.54. The summed E-state index contributed by atoms with van der Waals surface area (Å²) in [6.07, 6.45) is 0. The van der Waals surface area contributed by atoms with Crippen molar-refractivity contribution in [3.05, 3.63) is 28.7 Å². The highest BCUT2D eigenvalue weighted by Gasteiger charge is 2.09. The van der Waals surface area contributed by atoms with Crippen LogP contribution in [0.15, 0.2) is 33.9 Å². The van der Waals surface area contributed by atoms with E-state index in [4.69, 9.17) is 0 Å². The van der Waals surface area contributed by atoms with E-state index in [1.54, 1.807) is 0 Å². The Balaban J connectivity index is 1.95. The Morgan fingerprint density at radius 3 is 2.75 bits per heavy atom. The van der Waals surface area contributed by atoms with E-state index in [1.165, 1.54) is 11.8 Å². The fourth-order valence-electron chi connectivity index (χ4n) is 1.54. The lowest BCUT2D eigenvalue weighted by Gasteiger charge is -2.06. The van der Waals surface area contributed by atoms with Crippen LogP contribution in [0.25, 0.3) is 11.4 Å². The van der Waals surface area contributed by atoms with E-state index in [1.807, 2.05) is 38.1 Å². The fraction of sp³-hybridized carbons (Fsp3) is 0.308. The van der Waals surface area contributed by atoms with Gasteiger partial charge in [-0.1, -0.05) is 39.8 Å². The van der Waals surface area contributed by atoms with E-state index in [0.717, 1.165) is 10.0 Å². The number of thioether (sulfide) groups is 1. The van der Waals surface area contributed by atoms with Gasteiger partial charge in [-0.05, 0) is 26.0 Å². The summed E-state index contributed by atoms with van der Waals surface area (Å²) < 4.78 is 1.01. The van der Waals surface area contributed by atoms with Crippen LogP contribution in [0.5, 0.6) is 0 Å². The summed E-state index contributed by atoms with van der Waals surface area (Å²) >= 11 is 4.70. The lowest BCUT2D eigenvalue weighted by Crippen LogP contribution is -2.31. The largest absolute Gasteiger partial charge is 0.353 e. The van der Waals surface area contributed by atoms with Gasteiger partial charge in [-0.3, -0.25) is 9.89 Å². The maximum Gasteiger partial charge on any atom is 0.230 e. The number of aromatic nitrogens is 3. The Morgan fingerprint density at radius 1 is 1.40 bits per heavy atom. The predicted octanol–water partition coefficient (Wildman–Crippen LogP) is 2.85. The second-order valence-electron chi connectivity index (χ2n) is 4.48. The first-order valence-electron chi connectivity index (χ1n) is 6.15. The molecule has 0 fully saturated rings. The SMILES string of the molecule is CC(C)NC(=O)CSc1n[nH]c(-c2ccc(Br)cc2)n1. The minimum Gasteiger partial charge on any atom is -0.353 e. The summed E-state index contributed by atoms with van der Waals surface area (Å²) in [5.74, 6) is 1.000. The summed E-state index contributed by atoms with van der Waals surface area (Å²) in [4.78, 5) is 15.9. The van der Waals surface area contributed by atoms with Gasteiger partial charge in [-0.15, -0.1) is 5.10 Å². The quantitative estimate of drug-likeness (QED) is 0.810. The number of carbonyl (C=O) groups is 1. The van der Waals surface area contributed by atoms with E-state index in [2.05, 4.69) is 36.4 Å². The van der Waals surface area contributed by atoms with Gasteiger partial charge in [0.25, 0.3) is 0 Å². The van der Waals surface area contributed by atoms with Crippen molar-refractivity contribution in [2.45, 2.75) is 25.0 Å². The highest BCUT2D eigenvalue weighted by Crippen LogP contribution is 2.20. The van der Waals surface area contributed by atoms with E-state index in [-0.39, 0.29) is 11.9 Å². The summed E-state index contributed by atoms with van der Waals surface area (Å²) in [7, 11) is 0. The van der Waals surface area contributed by atoms with Crippen LogP contribution in [-0.2, 0) is 4.79 Å². The van der Waals surface area contributed by atoms with Gasteiger partial charge in [0.2, 0.25) is 11.1 Å². The maximum absolute atomic E-state index is 11.5. The molecule has 0 saturated heterocycles. The third-order valence-electron chi connectivity index (χ3n) is 2.36. The summed E-state index contributed by atoms with van der Waals surface area (Å²) in [6.45, 7) is 3.86. The van der Waals surface area contributed by atoms with Crippen LogP contribution in [0.3, 0.4) is 0 Å². The molecule has 0 spiro atoms. The second kappa shape index (κ2) is 6.90. The van der Waals surface area contributed by atoms with Gasteiger partial charge in [-0.25, -0.2) is 4.98 Å². The Labute approximate surface area is 130 Å². The number of hydrogen-bond acceptors (Lipinski definition) is 4. The number of H-pyrrole nitrogens is 1. The van der Waals surface area contributed by atoms with E-state index in [9.17, 15) is 4.79 Å². The monoisotopic (exact) mass is 354 g/mol. The van der Waals surface area contributed by atoms with Crippen molar-refractivity contribution in [1.29, 1.82) is 0 Å². The average molecular weight is 355 g/mol. The smallest absolute Gasteiger partial charge is 0.230 e. The zero-order chi connectivity index (χ0) is 14.5. The molecular formula is C13H15BrN4OS. The third kappa shape index (κ3) is 4.35. The van der Waals surface area contributed by atoms with Gasteiger partial charge in [-0.2, -0.15) is 0 Å². The summed E-state index contributed by atoms with van der Waals surface area (Å²) in [5, 5.41) is 10.4. The predicted molar refractivity (Wildman–Crippen MR) is 83.5 cm³/mol. The van der Waals surface area contributed by atoms with Crippen molar-refractivity contribution in [2.24, 2.45) is 0 Å². The molecule has 0 unspecified atom stereocenters. The number of carbonyl (C=O) groups excluding carboxylic acids is 1. The van der Waals surface area contributed by atoms with Gasteiger partial charge >= 0.3 is 0 Å². The second-order valence-corrected chi connectivity index (χ2v) is 6.34. The number of aromatic amines is 1. The molecule has 2 rings (SSSR count). The number of halogens is 1. The molecule has 5 nitrogen and oxygen atoms in total. The van der Waals surface area contributed by atoms with Gasteiger partial charge in [0.05, 0.1) is 5.75 Å². The van der Waals surface area contributed by atoms with Crippen LogP contribution in [0.2, 0.25) is 0 Å². The summed E-state index contributed by atoms with van der Waals surface area (Å²) in [5.41, 5.74) is 0.958. The molecule has 0 aliphatic carbocycles. The molecule has 7 heteroatoms. The zero-order valence-electron chi connectivity index (χ0n) is 11.2. The van der Waals surface area contributed by atoms with Crippen molar-refractivity contribution in [3.63, 3.8) is 0 Å². The Bertz CT molecular complexity index is 582. The van der Waals surface area contributed by atoms with Crippen molar-refractivity contribution in [1.82, 2.24) is 20.5 Å². The molecule has 0 bridgehead atoms. The molecule has 0 aliphatic heterocycles. The minimum absolute atomic E-state index is 0.0139. The molecular weight excluding hydrogens is 340 g/mol. The fourth-order valence-corrected chi connectivity index (χ4v) is 2.42. The third-order valence-corrected chi connectivity index (χ3v) is 3.74. The Morgan fingerprint density at radius 2 is 2.10 bits per heavy atom. The van der Waals surface area contributed by atoms with Crippen LogP contribution in [0, 0.1) is 0 Å². The van der Waals surface area contributed by atoms with Gasteiger partial charge in [0.15, 0.2) is 5.82 Å². The average Bonchev–Trinajstić information content (AvgIpc) is 2.85. The molecule has 0 radical (unpaired) electrons. The zero-order valence-corrected chi connectivity index (χ0v) is 13.6. The van der Waals surface area contributed by atoms with Crippen LogP contribution >= 0.6 is 27.7 Å². The summed E-state index contributed by atoms with van der Waals surface area (Å²) in [6, 6.07) is 7.94. The molecule has 0 aliphatic rings. The molecule has 0 atom stereocenters. The van der Waals surface area contributed by atoms with E-state index >= 15 is 0 Å². The highest BCUT2D eigenvalue weighted by molar-refractivity contribution is 9.10. The lowest BCUT2D eigenvalue weighted by atomic mass is 10.2. The number of amides is 1. The van der Waals surface area contributed by atoms with Crippen molar-refractivity contribution >= 4 is 33.6 Å². The normalized spacial score (nSPS) is 10.8. The van der Waals surface area contributed by atoms with Crippen LogP contribution in [0.1, 0.15) is 13.8 Å². The molecule has 2 N–H and O–H groups in total. The molecule has 20 heavy (non-hydrogen) atoms. The molecule has 0 saturated carbocycles. The lowest BCUT2D eigenvalue weighted by molar-refractivity contribution is -0.119. The topological polar surface area (TPSA) is 70.7 Å². The van der Waals surface area contributed by atoms with E-state index < -0.39 is 0 Å². The van der Waals surface area contributed by atoms with Crippen LogP contribution < -0.4 is 5.32 Å². The Kier molecular flexibility index (Phi) is 5.19. The van der Waals surface area contributed by atoms with Gasteiger partial charge in [0.1, 0.15) is 0 Å². The van der Waals surface area contributed by atoms with Crippen LogP contribution in [-0.4, -0.2) is 32.9 Å². The van der Waals surface area contributed by atoms with Crippen molar-refractivity contribution in [3.8, 4) is 11.4 Å². The first kappa shape index (κ1) is 15.1. The highest BCUT2D eigenvalue weighted by atomic mass is 79.9. The van der Waals surface area contributed by atoms with Crippen LogP contribution in [0.4, 0.5) is 0 Å². The minimum atomic E-state index is -0.0139. The number of nitrogens with zero attached hydrogens (tertiary/aromatic N) is 2. The molecule has 1 amide bonds. The molecule has 2 aromatic rings. The first-order valence-corrected chi connectivity index (χ1v) is 7.93. The Hall–Kier alpha value is -1.34. The van der Waals surface area contributed by atoms with E-state index in [0.29, 0.717) is 16.7 Å². The standard InChI is InChI=1S/C13H15BrN4OS/c1-8(2)15-11(19)7-20-13-16-12(17-18-13)9-3-5-10(14)6-4-9/h3-6,8H,7H2,1-2H3,(H,15,19)(H,16,17,18). The number of hydrogen-bond donors (Lipinski definition) is 2.